The minimum Gasteiger partial charge on any atom is -0.371 e. The third-order valence-electron chi connectivity index (χ3n) is 6.25. The lowest BCUT2D eigenvalue weighted by Gasteiger charge is -2.33. The topological polar surface area (TPSA) is 32.3 Å². The Bertz CT molecular complexity index is 817. The van der Waals surface area contributed by atoms with Crippen LogP contribution >= 0.6 is 0 Å². The summed E-state index contributed by atoms with van der Waals surface area (Å²) in [5.74, 6) is 0.873. The van der Waals surface area contributed by atoms with Crippen LogP contribution in [0.3, 0.4) is 0 Å². The minimum atomic E-state index is 0.0232. The van der Waals surface area contributed by atoms with Gasteiger partial charge in [-0.3, -0.25) is 4.79 Å². The number of piperidine rings is 1. The fourth-order valence-electron chi connectivity index (χ4n) is 4.22. The van der Waals surface area contributed by atoms with Gasteiger partial charge in [-0.05, 0) is 66.3 Å². The van der Waals surface area contributed by atoms with Crippen LogP contribution in [-0.4, -0.2) is 19.0 Å². The molecule has 3 heteroatoms. The second-order valence-electron chi connectivity index (χ2n) is 10.0. The van der Waals surface area contributed by atoms with Crippen LogP contribution in [0.2, 0.25) is 0 Å². The summed E-state index contributed by atoms with van der Waals surface area (Å²) in [6, 6.07) is 17.4. The van der Waals surface area contributed by atoms with Gasteiger partial charge in [-0.1, -0.05) is 64.1 Å². The molecule has 1 N–H and O–H groups in total. The van der Waals surface area contributed by atoms with Gasteiger partial charge in [-0.25, -0.2) is 0 Å². The van der Waals surface area contributed by atoms with Gasteiger partial charge in [0.15, 0.2) is 0 Å². The first-order valence-electron chi connectivity index (χ1n) is 11.5. The van der Waals surface area contributed by atoms with Crippen LogP contribution in [0.1, 0.15) is 76.6 Å². The number of benzene rings is 2. The van der Waals surface area contributed by atoms with E-state index in [-0.39, 0.29) is 17.4 Å². The number of carbonyl (C=O) groups excluding carboxylic acids is 1. The van der Waals surface area contributed by atoms with Crippen molar-refractivity contribution in [2.24, 2.45) is 5.92 Å². The van der Waals surface area contributed by atoms with E-state index in [9.17, 15) is 4.79 Å². The van der Waals surface area contributed by atoms with Crippen molar-refractivity contribution in [3.05, 3.63) is 65.2 Å². The highest BCUT2D eigenvalue weighted by atomic mass is 16.1. The van der Waals surface area contributed by atoms with Crippen molar-refractivity contribution in [2.75, 3.05) is 18.0 Å². The zero-order valence-corrected chi connectivity index (χ0v) is 19.4. The summed E-state index contributed by atoms with van der Waals surface area (Å²) in [7, 11) is 0. The van der Waals surface area contributed by atoms with Gasteiger partial charge in [0, 0.05) is 25.2 Å². The molecule has 2 atom stereocenters. The molecular formula is C27H38N2O. The van der Waals surface area contributed by atoms with E-state index < -0.39 is 0 Å². The van der Waals surface area contributed by atoms with E-state index in [4.69, 9.17) is 0 Å². The summed E-state index contributed by atoms with van der Waals surface area (Å²) in [4.78, 5) is 14.9. The SMILES string of the molecule is C[C@H]1CCCN(c2ccc([C@H](C)NC(=O)CCc3ccc(C(C)(C)C)cc3)cc2)C1. The molecule has 1 heterocycles. The Morgan fingerprint density at radius 1 is 1.10 bits per heavy atom. The van der Waals surface area contributed by atoms with Gasteiger partial charge >= 0.3 is 0 Å². The van der Waals surface area contributed by atoms with E-state index in [0.717, 1.165) is 31.0 Å². The third kappa shape index (κ3) is 6.10. The number of aryl methyl sites for hydroxylation is 1. The van der Waals surface area contributed by atoms with E-state index in [1.807, 2.05) is 0 Å². The van der Waals surface area contributed by atoms with Gasteiger partial charge in [-0.2, -0.15) is 0 Å². The molecule has 30 heavy (non-hydrogen) atoms. The molecule has 2 aromatic carbocycles. The second kappa shape index (κ2) is 9.68. The third-order valence-corrected chi connectivity index (χ3v) is 6.25. The van der Waals surface area contributed by atoms with Crippen LogP contribution in [0, 0.1) is 5.92 Å². The van der Waals surface area contributed by atoms with Crippen LogP contribution in [-0.2, 0) is 16.6 Å². The summed E-state index contributed by atoms with van der Waals surface area (Å²) >= 11 is 0. The molecule has 1 fully saturated rings. The molecule has 0 saturated carbocycles. The van der Waals surface area contributed by atoms with Crippen molar-refractivity contribution in [1.29, 1.82) is 0 Å². The molecule has 1 saturated heterocycles. The van der Waals surface area contributed by atoms with Gasteiger partial charge in [0.2, 0.25) is 5.91 Å². The van der Waals surface area contributed by atoms with Crippen molar-refractivity contribution in [2.45, 2.75) is 71.8 Å². The number of nitrogens with zero attached hydrogens (tertiary/aromatic N) is 1. The molecule has 0 radical (unpaired) electrons. The first kappa shape index (κ1) is 22.4. The Morgan fingerprint density at radius 3 is 2.37 bits per heavy atom. The first-order valence-corrected chi connectivity index (χ1v) is 11.5. The van der Waals surface area contributed by atoms with Crippen molar-refractivity contribution in [3.8, 4) is 0 Å². The predicted octanol–water partition coefficient (Wildman–Crippen LogP) is 6.03. The van der Waals surface area contributed by atoms with Crippen LogP contribution in [0.25, 0.3) is 0 Å². The average molecular weight is 407 g/mol. The zero-order chi connectivity index (χ0) is 21.7. The maximum Gasteiger partial charge on any atom is 0.220 e. The molecule has 1 aliphatic rings. The monoisotopic (exact) mass is 406 g/mol. The van der Waals surface area contributed by atoms with Gasteiger partial charge in [0.1, 0.15) is 0 Å². The Morgan fingerprint density at radius 2 is 1.77 bits per heavy atom. The van der Waals surface area contributed by atoms with Gasteiger partial charge in [-0.15, -0.1) is 0 Å². The summed E-state index contributed by atoms with van der Waals surface area (Å²) in [5, 5.41) is 3.16. The fourth-order valence-corrected chi connectivity index (χ4v) is 4.22. The maximum absolute atomic E-state index is 12.5. The molecule has 0 aromatic heterocycles. The van der Waals surface area contributed by atoms with Crippen LogP contribution in [0.4, 0.5) is 5.69 Å². The van der Waals surface area contributed by atoms with Crippen molar-refractivity contribution in [3.63, 3.8) is 0 Å². The summed E-state index contributed by atoms with van der Waals surface area (Å²) in [6.45, 7) is 13.3. The van der Waals surface area contributed by atoms with Gasteiger partial charge < -0.3 is 10.2 Å². The van der Waals surface area contributed by atoms with E-state index in [1.165, 1.54) is 29.7 Å². The molecule has 2 aromatic rings. The standard InChI is InChI=1S/C27H38N2O/c1-20-7-6-18-29(19-20)25-15-11-23(12-16-25)21(2)28-26(30)17-10-22-8-13-24(14-9-22)27(3,4)5/h8-9,11-16,20-21H,6-7,10,17-19H2,1-5H3,(H,28,30)/t20-,21-/m0/s1. The zero-order valence-electron chi connectivity index (χ0n) is 19.4. The Hall–Kier alpha value is -2.29. The average Bonchev–Trinajstić information content (AvgIpc) is 2.72. The lowest BCUT2D eigenvalue weighted by molar-refractivity contribution is -0.121. The molecule has 1 aliphatic heterocycles. The molecular weight excluding hydrogens is 368 g/mol. The van der Waals surface area contributed by atoms with E-state index in [0.29, 0.717) is 6.42 Å². The number of rotatable bonds is 6. The molecule has 3 rings (SSSR count). The highest BCUT2D eigenvalue weighted by Gasteiger charge is 2.17. The molecule has 0 spiro atoms. The molecule has 3 nitrogen and oxygen atoms in total. The molecule has 0 aliphatic carbocycles. The Labute approximate surface area is 182 Å². The van der Waals surface area contributed by atoms with E-state index >= 15 is 0 Å². The second-order valence-corrected chi connectivity index (χ2v) is 10.0. The highest BCUT2D eigenvalue weighted by Crippen LogP contribution is 2.25. The Kier molecular flexibility index (Phi) is 7.23. The normalized spacial score (nSPS) is 18.2. The van der Waals surface area contributed by atoms with Gasteiger partial charge in [0.05, 0.1) is 6.04 Å². The largest absolute Gasteiger partial charge is 0.371 e. The molecule has 0 unspecified atom stereocenters. The molecule has 0 bridgehead atoms. The van der Waals surface area contributed by atoms with E-state index in [1.54, 1.807) is 0 Å². The number of amides is 1. The number of hydrogen-bond acceptors (Lipinski definition) is 2. The number of nitrogens with one attached hydrogen (secondary N) is 1. The summed E-state index contributed by atoms with van der Waals surface area (Å²) in [6.07, 6.45) is 3.89. The first-order chi connectivity index (χ1) is 14.2. The molecule has 162 valence electrons. The van der Waals surface area contributed by atoms with Gasteiger partial charge in [0.25, 0.3) is 0 Å². The lowest BCUT2D eigenvalue weighted by atomic mass is 9.86. The van der Waals surface area contributed by atoms with Crippen molar-refractivity contribution in [1.82, 2.24) is 5.32 Å². The fraction of sp³-hybridized carbons (Fsp3) is 0.519. The van der Waals surface area contributed by atoms with Crippen molar-refractivity contribution < 1.29 is 4.79 Å². The van der Waals surface area contributed by atoms with Crippen molar-refractivity contribution >= 4 is 11.6 Å². The maximum atomic E-state index is 12.5. The predicted molar refractivity (Wildman–Crippen MR) is 127 cm³/mol. The summed E-state index contributed by atoms with van der Waals surface area (Å²) in [5.41, 5.74) is 5.15. The van der Waals surface area contributed by atoms with E-state index in [2.05, 4.69) is 93.4 Å². The molecule has 1 amide bonds. The van der Waals surface area contributed by atoms with Crippen LogP contribution < -0.4 is 10.2 Å². The number of anilines is 1. The van der Waals surface area contributed by atoms with Crippen LogP contribution in [0.5, 0.6) is 0 Å². The quantitative estimate of drug-likeness (QED) is 0.635. The number of carbonyl (C=O) groups is 1. The lowest BCUT2D eigenvalue weighted by Crippen LogP contribution is -2.34. The summed E-state index contributed by atoms with van der Waals surface area (Å²) < 4.78 is 0. The minimum absolute atomic E-state index is 0.0232. The smallest absolute Gasteiger partial charge is 0.220 e. The Balaban J connectivity index is 1.49. The van der Waals surface area contributed by atoms with Crippen LogP contribution in [0.15, 0.2) is 48.5 Å². The highest BCUT2D eigenvalue weighted by molar-refractivity contribution is 5.76. The number of hydrogen-bond donors (Lipinski definition) is 1.